The van der Waals surface area contributed by atoms with E-state index in [-0.39, 0.29) is 40.1 Å². The normalized spacial score (nSPS) is 13.6. The van der Waals surface area contributed by atoms with Crippen molar-refractivity contribution in [1.82, 2.24) is 0 Å². The van der Waals surface area contributed by atoms with Crippen molar-refractivity contribution in [2.75, 3.05) is 6.61 Å². The van der Waals surface area contributed by atoms with E-state index < -0.39 is 17.8 Å². The van der Waals surface area contributed by atoms with Gasteiger partial charge in [-0.15, -0.1) is 0 Å². The van der Waals surface area contributed by atoms with Crippen molar-refractivity contribution < 1.29 is 33.0 Å². The Morgan fingerprint density at radius 1 is 0.707 bits per heavy atom. The summed E-state index contributed by atoms with van der Waals surface area (Å²) in [7, 11) is 0. The van der Waals surface area contributed by atoms with E-state index in [1.807, 2.05) is 24.3 Å². The zero-order valence-corrected chi connectivity index (χ0v) is 23.3. The number of esters is 3. The Morgan fingerprint density at radius 3 is 1.90 bits per heavy atom. The molecule has 1 unspecified atom stereocenters. The van der Waals surface area contributed by atoms with Gasteiger partial charge < -0.3 is 14.2 Å². The molecule has 3 aromatic rings. The molecule has 0 bridgehead atoms. The smallest absolute Gasteiger partial charge is 0.338 e. The maximum absolute atomic E-state index is 15.5. The summed E-state index contributed by atoms with van der Waals surface area (Å²) >= 11 is 0. The lowest BCUT2D eigenvalue weighted by atomic mass is 9.97. The first-order valence-electron chi connectivity index (χ1n) is 13.1. The van der Waals surface area contributed by atoms with Crippen molar-refractivity contribution in [3.63, 3.8) is 0 Å². The van der Waals surface area contributed by atoms with Gasteiger partial charge in [0.15, 0.2) is 11.5 Å². The van der Waals surface area contributed by atoms with E-state index in [4.69, 9.17) is 14.2 Å². The van der Waals surface area contributed by atoms with Gasteiger partial charge in [0.25, 0.3) is 0 Å². The molecule has 0 saturated carbocycles. The summed E-state index contributed by atoms with van der Waals surface area (Å²) in [6.45, 7) is 15.7. The molecule has 0 aromatic heterocycles. The average Bonchev–Trinajstić information content (AvgIpc) is 3.34. The minimum Gasteiger partial charge on any atom is -0.462 e. The summed E-state index contributed by atoms with van der Waals surface area (Å²) in [6.07, 6.45) is 1.57. The topological polar surface area (TPSA) is 78.9 Å². The molecule has 0 fully saturated rings. The van der Waals surface area contributed by atoms with Crippen LogP contribution in [0.2, 0.25) is 0 Å². The van der Waals surface area contributed by atoms with Gasteiger partial charge in [0, 0.05) is 28.2 Å². The molecular formula is C34H31FO6. The van der Waals surface area contributed by atoms with Crippen LogP contribution >= 0.6 is 0 Å². The summed E-state index contributed by atoms with van der Waals surface area (Å²) in [5.41, 5.74) is 5.30. The van der Waals surface area contributed by atoms with Gasteiger partial charge in [0.1, 0.15) is 5.82 Å². The maximum atomic E-state index is 15.5. The predicted molar refractivity (Wildman–Crippen MR) is 155 cm³/mol. The molecule has 0 saturated heterocycles. The van der Waals surface area contributed by atoms with E-state index in [2.05, 4.69) is 19.7 Å². The zero-order chi connectivity index (χ0) is 29.8. The zero-order valence-electron chi connectivity index (χ0n) is 23.3. The van der Waals surface area contributed by atoms with Gasteiger partial charge in [-0.3, -0.25) is 0 Å². The number of benzene rings is 3. The highest BCUT2D eigenvalue weighted by atomic mass is 19.1. The lowest BCUT2D eigenvalue weighted by Gasteiger charge is -2.13. The van der Waals surface area contributed by atoms with Crippen LogP contribution in [0.25, 0.3) is 22.3 Å². The summed E-state index contributed by atoms with van der Waals surface area (Å²) in [6, 6.07) is 15.4. The summed E-state index contributed by atoms with van der Waals surface area (Å²) in [5, 5.41) is 0. The van der Waals surface area contributed by atoms with Crippen molar-refractivity contribution in [3.05, 3.63) is 108 Å². The molecule has 0 N–H and O–H groups in total. The second-order valence-electron chi connectivity index (χ2n) is 10.3. The Labute approximate surface area is 238 Å². The fourth-order valence-corrected chi connectivity index (χ4v) is 4.47. The van der Waals surface area contributed by atoms with Gasteiger partial charge in [-0.25, -0.2) is 18.8 Å². The monoisotopic (exact) mass is 554 g/mol. The molecule has 4 rings (SSSR count). The first-order chi connectivity index (χ1) is 19.4. The molecule has 0 amide bonds. The quantitative estimate of drug-likeness (QED) is 0.162. The van der Waals surface area contributed by atoms with E-state index >= 15 is 4.39 Å². The second-order valence-corrected chi connectivity index (χ2v) is 10.3. The minimum absolute atomic E-state index is 0.000726. The Kier molecular flexibility index (Phi) is 8.67. The predicted octanol–water partition coefficient (Wildman–Crippen LogP) is 6.96. The van der Waals surface area contributed by atoms with Crippen LogP contribution in [0, 0.1) is 11.7 Å². The number of carbonyl (C=O) groups is 3. The third-order valence-corrected chi connectivity index (χ3v) is 6.68. The van der Waals surface area contributed by atoms with Gasteiger partial charge in [-0.2, -0.15) is 0 Å². The molecule has 41 heavy (non-hydrogen) atoms. The van der Waals surface area contributed by atoms with Crippen molar-refractivity contribution in [3.8, 4) is 33.8 Å². The molecule has 0 heterocycles. The van der Waals surface area contributed by atoms with Gasteiger partial charge in [-0.1, -0.05) is 56.1 Å². The number of halogens is 1. The molecule has 6 nitrogen and oxygen atoms in total. The number of hydrogen-bond donors (Lipinski definition) is 0. The molecular weight excluding hydrogens is 523 g/mol. The van der Waals surface area contributed by atoms with Crippen LogP contribution in [-0.4, -0.2) is 24.5 Å². The fourth-order valence-electron chi connectivity index (χ4n) is 4.47. The third-order valence-electron chi connectivity index (χ3n) is 6.68. The number of fused-ring (bicyclic) bond motifs is 1. The Hall–Kier alpha value is -4.78. The summed E-state index contributed by atoms with van der Waals surface area (Å²) < 4.78 is 31.5. The van der Waals surface area contributed by atoms with E-state index in [0.717, 1.165) is 24.0 Å². The lowest BCUT2D eigenvalue weighted by Crippen LogP contribution is -2.14. The molecule has 7 heteroatoms. The van der Waals surface area contributed by atoms with Gasteiger partial charge in [0.05, 0.1) is 6.61 Å². The second kappa shape index (κ2) is 12.2. The number of rotatable bonds is 9. The van der Waals surface area contributed by atoms with E-state index in [1.54, 1.807) is 19.1 Å². The summed E-state index contributed by atoms with van der Waals surface area (Å²) in [5.74, 6) is -2.12. The number of hydrogen-bond acceptors (Lipinski definition) is 6. The van der Waals surface area contributed by atoms with Crippen molar-refractivity contribution in [1.29, 1.82) is 0 Å². The minimum atomic E-state index is -0.710. The van der Waals surface area contributed by atoms with Gasteiger partial charge in [0.2, 0.25) is 0 Å². The third kappa shape index (κ3) is 6.87. The number of carbonyl (C=O) groups excluding carboxylic acids is 3. The molecule has 1 aliphatic rings. The first-order valence-corrected chi connectivity index (χ1v) is 13.1. The van der Waals surface area contributed by atoms with Crippen LogP contribution in [0.15, 0.2) is 91.1 Å². The average molecular weight is 555 g/mol. The van der Waals surface area contributed by atoms with Crippen molar-refractivity contribution in [2.24, 2.45) is 5.92 Å². The molecule has 3 aromatic carbocycles. The van der Waals surface area contributed by atoms with E-state index in [9.17, 15) is 14.4 Å². The van der Waals surface area contributed by atoms with Crippen LogP contribution in [0.1, 0.15) is 31.9 Å². The molecule has 0 spiro atoms. The molecule has 210 valence electrons. The number of ether oxygens (including phenoxy) is 3. The lowest BCUT2D eigenvalue weighted by molar-refractivity contribution is -0.140. The first kappa shape index (κ1) is 29.2. The highest BCUT2D eigenvalue weighted by molar-refractivity contribution is 5.91. The van der Waals surface area contributed by atoms with Crippen molar-refractivity contribution >= 4 is 17.9 Å². The standard InChI is InChI=1S/C34H31FO6/c1-19(2)32(36)39-18-22-13-23-7-8-24(15-27(23)14-22)25-9-11-28(29(35)16-25)26-10-12-30(40-33(37)20(3)4)31(17-26)41-34(38)21(5)6/h7-12,15-17,22H,1,3,5,13-14,18H2,2,4,6H3. The molecule has 0 aliphatic heterocycles. The van der Waals surface area contributed by atoms with Crippen LogP contribution in [-0.2, 0) is 32.0 Å². The summed E-state index contributed by atoms with van der Waals surface area (Å²) in [4.78, 5) is 36.0. The Balaban J connectivity index is 1.57. The fraction of sp³-hybridized carbons (Fsp3) is 0.206. The SMILES string of the molecule is C=C(C)C(=O)OCC1Cc2ccc(-c3ccc(-c4ccc(OC(=O)C(=C)C)c(OC(=O)C(=C)C)c4)c(F)c3)cc2C1. The van der Waals surface area contributed by atoms with Crippen LogP contribution < -0.4 is 9.47 Å². The van der Waals surface area contributed by atoms with E-state index in [0.29, 0.717) is 23.3 Å². The Morgan fingerprint density at radius 2 is 1.27 bits per heavy atom. The Bertz CT molecular complexity index is 1600. The van der Waals surface area contributed by atoms with Crippen LogP contribution in [0.4, 0.5) is 4.39 Å². The molecule has 0 radical (unpaired) electrons. The van der Waals surface area contributed by atoms with E-state index in [1.165, 1.54) is 37.6 Å². The maximum Gasteiger partial charge on any atom is 0.338 e. The molecule has 1 atom stereocenters. The van der Waals surface area contributed by atoms with Crippen molar-refractivity contribution in [2.45, 2.75) is 33.6 Å². The largest absolute Gasteiger partial charge is 0.462 e. The molecule has 1 aliphatic carbocycles. The van der Waals surface area contributed by atoms with Crippen LogP contribution in [0.3, 0.4) is 0 Å². The van der Waals surface area contributed by atoms with Gasteiger partial charge >= 0.3 is 17.9 Å². The highest BCUT2D eigenvalue weighted by Gasteiger charge is 2.24. The highest BCUT2D eigenvalue weighted by Crippen LogP contribution is 2.37. The van der Waals surface area contributed by atoms with Crippen LogP contribution in [0.5, 0.6) is 11.5 Å². The van der Waals surface area contributed by atoms with Gasteiger partial charge in [-0.05, 0) is 79.6 Å².